The van der Waals surface area contributed by atoms with Crippen molar-refractivity contribution in [3.8, 4) is 0 Å². The van der Waals surface area contributed by atoms with Crippen LogP contribution in [-0.4, -0.2) is 40.2 Å². The van der Waals surface area contributed by atoms with Gasteiger partial charge in [0, 0.05) is 25.9 Å². The molecule has 6 nitrogen and oxygen atoms in total. The van der Waals surface area contributed by atoms with E-state index in [-0.39, 0.29) is 11.1 Å². The molecule has 0 saturated carbocycles. The van der Waals surface area contributed by atoms with E-state index in [2.05, 4.69) is 15.0 Å². The molecule has 0 aliphatic rings. The summed E-state index contributed by atoms with van der Waals surface area (Å²) < 4.78 is 31.3. The Kier molecular flexibility index (Phi) is 5.67. The summed E-state index contributed by atoms with van der Waals surface area (Å²) in [5.41, 5.74) is 0.932. The lowest BCUT2D eigenvalue weighted by Crippen LogP contribution is -2.36. The fourth-order valence-corrected chi connectivity index (χ4v) is 2.65. The average Bonchev–Trinajstić information content (AvgIpc) is 2.29. The van der Waals surface area contributed by atoms with Gasteiger partial charge in [0.25, 0.3) is 10.0 Å². The van der Waals surface area contributed by atoms with Gasteiger partial charge in [-0.25, -0.2) is 18.1 Å². The molecule has 0 bridgehead atoms. The molecule has 1 rings (SSSR count). The van der Waals surface area contributed by atoms with Gasteiger partial charge in [-0.1, -0.05) is 6.07 Å². The Labute approximate surface area is 108 Å². The number of ether oxygens (including phenoxy) is 1. The molecule has 0 aliphatic carbocycles. The molecule has 1 unspecified atom stereocenters. The summed E-state index contributed by atoms with van der Waals surface area (Å²) in [4.78, 5) is 3.95. The van der Waals surface area contributed by atoms with Gasteiger partial charge in [0.15, 0.2) is 5.03 Å². The lowest BCUT2D eigenvalue weighted by atomic mass is 10.3. The predicted octanol–water partition coefficient (Wildman–Crippen LogP) is 0.114. The van der Waals surface area contributed by atoms with Crippen LogP contribution in [0.25, 0.3) is 0 Å². The third-order valence-electron chi connectivity index (χ3n) is 2.23. The van der Waals surface area contributed by atoms with E-state index in [1.807, 2.05) is 7.05 Å². The van der Waals surface area contributed by atoms with Crippen LogP contribution in [0, 0.1) is 0 Å². The van der Waals surface area contributed by atoms with Crippen LogP contribution >= 0.6 is 0 Å². The number of nitrogens with one attached hydrogen (secondary N) is 2. The fraction of sp³-hybridized carbons (Fsp3) is 0.545. The second-order valence-electron chi connectivity index (χ2n) is 4.01. The van der Waals surface area contributed by atoms with E-state index in [0.29, 0.717) is 13.2 Å². The highest BCUT2D eigenvalue weighted by Gasteiger charge is 2.18. The first kappa shape index (κ1) is 15.0. The van der Waals surface area contributed by atoms with Crippen LogP contribution in [0.1, 0.15) is 12.5 Å². The normalized spacial score (nSPS) is 13.5. The van der Waals surface area contributed by atoms with Crippen molar-refractivity contribution in [2.24, 2.45) is 0 Å². The molecule has 2 N–H and O–H groups in total. The van der Waals surface area contributed by atoms with E-state index in [0.717, 1.165) is 5.56 Å². The fourth-order valence-electron chi connectivity index (χ4n) is 1.49. The van der Waals surface area contributed by atoms with Crippen molar-refractivity contribution >= 4 is 10.0 Å². The Morgan fingerprint density at radius 2 is 2.17 bits per heavy atom. The molecular formula is C11H19N3O3S. The molecular weight excluding hydrogens is 254 g/mol. The summed E-state index contributed by atoms with van der Waals surface area (Å²) in [6.07, 6.45) is 1.55. The molecule has 0 aliphatic heterocycles. The SMILES string of the molecule is CNCc1ccc(S(=O)(=O)NC(C)COC)nc1. The van der Waals surface area contributed by atoms with E-state index in [1.54, 1.807) is 19.2 Å². The van der Waals surface area contributed by atoms with Crippen molar-refractivity contribution in [3.63, 3.8) is 0 Å². The lowest BCUT2D eigenvalue weighted by Gasteiger charge is -2.12. The molecule has 1 heterocycles. The third-order valence-corrected chi connectivity index (χ3v) is 3.73. The molecule has 18 heavy (non-hydrogen) atoms. The van der Waals surface area contributed by atoms with Crippen molar-refractivity contribution in [2.45, 2.75) is 24.5 Å². The average molecular weight is 273 g/mol. The van der Waals surface area contributed by atoms with E-state index < -0.39 is 10.0 Å². The number of hydrogen-bond acceptors (Lipinski definition) is 5. The molecule has 1 aromatic heterocycles. The van der Waals surface area contributed by atoms with Gasteiger partial charge in [0.2, 0.25) is 0 Å². The zero-order valence-corrected chi connectivity index (χ0v) is 11.6. The second-order valence-corrected chi connectivity index (χ2v) is 5.67. The Hall–Kier alpha value is -1.02. The maximum atomic E-state index is 11.9. The molecule has 1 atom stereocenters. The zero-order chi connectivity index (χ0) is 13.6. The summed E-state index contributed by atoms with van der Waals surface area (Å²) in [5, 5.41) is 2.99. The number of methoxy groups -OCH3 is 1. The largest absolute Gasteiger partial charge is 0.383 e. The van der Waals surface area contributed by atoms with Crippen molar-refractivity contribution < 1.29 is 13.2 Å². The van der Waals surface area contributed by atoms with Crippen LogP contribution < -0.4 is 10.0 Å². The number of hydrogen-bond donors (Lipinski definition) is 2. The monoisotopic (exact) mass is 273 g/mol. The van der Waals surface area contributed by atoms with Crippen LogP contribution in [0.2, 0.25) is 0 Å². The Morgan fingerprint density at radius 3 is 2.67 bits per heavy atom. The number of pyridine rings is 1. The first-order valence-corrected chi connectivity index (χ1v) is 7.08. The Morgan fingerprint density at radius 1 is 1.44 bits per heavy atom. The smallest absolute Gasteiger partial charge is 0.258 e. The molecule has 0 aromatic carbocycles. The van der Waals surface area contributed by atoms with Gasteiger partial charge in [0.1, 0.15) is 0 Å². The van der Waals surface area contributed by atoms with Crippen molar-refractivity contribution in [2.75, 3.05) is 20.8 Å². The Balaban J connectivity index is 2.78. The molecule has 1 aromatic rings. The summed E-state index contributed by atoms with van der Waals surface area (Å²) in [6.45, 7) is 2.70. The highest BCUT2D eigenvalue weighted by molar-refractivity contribution is 7.89. The molecule has 0 spiro atoms. The highest BCUT2D eigenvalue weighted by atomic mass is 32.2. The van der Waals surface area contributed by atoms with Crippen molar-refractivity contribution in [1.29, 1.82) is 0 Å². The Bertz CT molecular complexity index is 459. The molecule has 102 valence electrons. The summed E-state index contributed by atoms with van der Waals surface area (Å²) in [6, 6.07) is 2.94. The summed E-state index contributed by atoms with van der Waals surface area (Å²) >= 11 is 0. The van der Waals surface area contributed by atoms with Gasteiger partial charge < -0.3 is 10.1 Å². The summed E-state index contributed by atoms with van der Waals surface area (Å²) in [5.74, 6) is 0. The van der Waals surface area contributed by atoms with E-state index in [1.165, 1.54) is 13.2 Å². The van der Waals surface area contributed by atoms with Gasteiger partial charge >= 0.3 is 0 Å². The minimum absolute atomic E-state index is 0.0188. The number of nitrogens with zero attached hydrogens (tertiary/aromatic N) is 1. The third kappa shape index (κ3) is 4.34. The maximum Gasteiger partial charge on any atom is 0.258 e. The van der Waals surface area contributed by atoms with Gasteiger partial charge in [-0.05, 0) is 25.6 Å². The van der Waals surface area contributed by atoms with E-state index in [9.17, 15) is 8.42 Å². The van der Waals surface area contributed by atoms with Crippen LogP contribution in [0.4, 0.5) is 0 Å². The van der Waals surface area contributed by atoms with Gasteiger partial charge in [0.05, 0.1) is 6.61 Å². The first-order valence-electron chi connectivity index (χ1n) is 5.60. The molecule has 7 heteroatoms. The van der Waals surface area contributed by atoms with Crippen molar-refractivity contribution in [3.05, 3.63) is 23.9 Å². The number of sulfonamides is 1. The van der Waals surface area contributed by atoms with Crippen molar-refractivity contribution in [1.82, 2.24) is 15.0 Å². The minimum Gasteiger partial charge on any atom is -0.383 e. The van der Waals surface area contributed by atoms with E-state index in [4.69, 9.17) is 4.74 Å². The number of rotatable bonds is 7. The standard InChI is InChI=1S/C11H19N3O3S/c1-9(8-17-3)14-18(15,16)11-5-4-10(6-12-2)7-13-11/h4-5,7,9,12,14H,6,8H2,1-3H3. The quantitative estimate of drug-likeness (QED) is 0.737. The topological polar surface area (TPSA) is 80.3 Å². The van der Waals surface area contributed by atoms with Gasteiger partial charge in [-0.15, -0.1) is 0 Å². The maximum absolute atomic E-state index is 11.9. The molecule has 0 saturated heterocycles. The zero-order valence-electron chi connectivity index (χ0n) is 10.8. The van der Waals surface area contributed by atoms with E-state index >= 15 is 0 Å². The second kappa shape index (κ2) is 6.79. The molecule has 0 amide bonds. The molecule has 0 radical (unpaired) electrons. The van der Waals surface area contributed by atoms with Gasteiger partial charge in [-0.3, -0.25) is 0 Å². The molecule has 0 fully saturated rings. The first-order chi connectivity index (χ1) is 8.49. The van der Waals surface area contributed by atoms with Crippen LogP contribution in [-0.2, 0) is 21.3 Å². The van der Waals surface area contributed by atoms with Gasteiger partial charge in [-0.2, -0.15) is 0 Å². The summed E-state index contributed by atoms with van der Waals surface area (Å²) in [7, 11) is -0.233. The lowest BCUT2D eigenvalue weighted by molar-refractivity contribution is 0.180. The van der Waals surface area contributed by atoms with Crippen LogP contribution in [0.3, 0.4) is 0 Å². The van der Waals surface area contributed by atoms with Crippen LogP contribution in [0.5, 0.6) is 0 Å². The predicted molar refractivity (Wildman–Crippen MR) is 68.7 cm³/mol. The highest BCUT2D eigenvalue weighted by Crippen LogP contribution is 2.07. The minimum atomic E-state index is -3.57. The number of aromatic nitrogens is 1. The van der Waals surface area contributed by atoms with Crippen LogP contribution in [0.15, 0.2) is 23.4 Å².